The second kappa shape index (κ2) is 6.12. The number of benzene rings is 2. The molecule has 0 heterocycles. The normalized spacial score (nSPS) is 11.8. The number of carboxylic acids is 1. The van der Waals surface area contributed by atoms with Gasteiger partial charge in [0.1, 0.15) is 0 Å². The summed E-state index contributed by atoms with van der Waals surface area (Å²) in [5.74, 6) is 1.33. The van der Waals surface area contributed by atoms with Crippen molar-refractivity contribution in [3.05, 3.63) is 42.5 Å². The van der Waals surface area contributed by atoms with Crippen LogP contribution in [0.1, 0.15) is 6.92 Å². The number of hydrogen-bond acceptors (Lipinski definition) is 2. The summed E-state index contributed by atoms with van der Waals surface area (Å²) in [5.41, 5.74) is 0.981. The fourth-order valence-corrected chi connectivity index (χ4v) is 2.25. The van der Waals surface area contributed by atoms with Crippen LogP contribution in [0.2, 0.25) is 0 Å². The van der Waals surface area contributed by atoms with Gasteiger partial charge in [0, 0.05) is 17.6 Å². The Balaban J connectivity index is 2.41. The van der Waals surface area contributed by atoms with Gasteiger partial charge in [0.25, 0.3) is 0 Å². The van der Waals surface area contributed by atoms with Gasteiger partial charge in [0.15, 0.2) is 0 Å². The largest absolute Gasteiger partial charge is 0.481 e. The van der Waals surface area contributed by atoms with Gasteiger partial charge in [-0.25, -0.2) is 0 Å². The lowest BCUT2D eigenvalue weighted by molar-refractivity contribution is -0.140. The SMILES string of the molecule is C#CCN(CC(C)C(=O)O)c1cccc2ccccc12. The van der Waals surface area contributed by atoms with E-state index in [9.17, 15) is 4.79 Å². The molecule has 0 fully saturated rings. The highest BCUT2D eigenvalue weighted by molar-refractivity contribution is 5.94. The highest BCUT2D eigenvalue weighted by Crippen LogP contribution is 2.27. The Morgan fingerprint density at radius 3 is 2.70 bits per heavy atom. The van der Waals surface area contributed by atoms with E-state index in [-0.39, 0.29) is 0 Å². The Hall–Kier alpha value is -2.47. The summed E-state index contributed by atoms with van der Waals surface area (Å²) in [4.78, 5) is 13.0. The van der Waals surface area contributed by atoms with Crippen LogP contribution < -0.4 is 4.90 Å². The van der Waals surface area contributed by atoms with E-state index < -0.39 is 11.9 Å². The standard InChI is InChI=1S/C17H17NO2/c1-3-11-18(12-13(2)17(19)20)16-10-6-8-14-7-4-5-9-15(14)16/h1,4-10,13H,11-12H2,2H3,(H,19,20). The van der Waals surface area contributed by atoms with Crippen LogP contribution >= 0.6 is 0 Å². The molecule has 0 radical (unpaired) electrons. The Morgan fingerprint density at radius 2 is 2.00 bits per heavy atom. The molecule has 0 spiro atoms. The number of aliphatic carboxylic acids is 1. The number of fused-ring (bicyclic) bond motifs is 1. The third-order valence-electron chi connectivity index (χ3n) is 3.31. The van der Waals surface area contributed by atoms with Gasteiger partial charge in [-0.2, -0.15) is 0 Å². The molecular formula is C17H17NO2. The summed E-state index contributed by atoms with van der Waals surface area (Å²) in [5, 5.41) is 11.3. The quantitative estimate of drug-likeness (QED) is 0.847. The average molecular weight is 267 g/mol. The summed E-state index contributed by atoms with van der Waals surface area (Å²) in [6.45, 7) is 2.48. The Morgan fingerprint density at radius 1 is 1.30 bits per heavy atom. The minimum absolute atomic E-state index is 0.394. The molecule has 2 aromatic rings. The Labute approximate surface area is 118 Å². The third-order valence-corrected chi connectivity index (χ3v) is 3.31. The van der Waals surface area contributed by atoms with Crippen molar-refractivity contribution in [3.63, 3.8) is 0 Å². The van der Waals surface area contributed by atoms with E-state index in [4.69, 9.17) is 11.5 Å². The average Bonchev–Trinajstić information content (AvgIpc) is 2.46. The second-order valence-electron chi connectivity index (χ2n) is 4.82. The van der Waals surface area contributed by atoms with Gasteiger partial charge >= 0.3 is 5.97 Å². The van der Waals surface area contributed by atoms with Gasteiger partial charge in [-0.15, -0.1) is 6.42 Å². The highest BCUT2D eigenvalue weighted by atomic mass is 16.4. The van der Waals surface area contributed by atoms with Crippen molar-refractivity contribution in [1.82, 2.24) is 0 Å². The minimum Gasteiger partial charge on any atom is -0.481 e. The molecule has 2 aromatic carbocycles. The molecule has 0 amide bonds. The maximum atomic E-state index is 11.1. The molecule has 102 valence electrons. The van der Waals surface area contributed by atoms with Crippen LogP contribution in [-0.4, -0.2) is 24.2 Å². The van der Waals surface area contributed by atoms with Crippen molar-refractivity contribution in [1.29, 1.82) is 0 Å². The monoisotopic (exact) mass is 267 g/mol. The summed E-state index contributed by atoms with van der Waals surface area (Å²) in [7, 11) is 0. The molecule has 1 N–H and O–H groups in total. The van der Waals surface area contributed by atoms with E-state index in [0.717, 1.165) is 16.5 Å². The van der Waals surface area contributed by atoms with Crippen molar-refractivity contribution in [2.75, 3.05) is 18.0 Å². The first-order valence-corrected chi connectivity index (χ1v) is 6.52. The first kappa shape index (κ1) is 14.0. The molecule has 2 rings (SSSR count). The molecule has 0 aliphatic heterocycles. The van der Waals surface area contributed by atoms with E-state index in [1.54, 1.807) is 6.92 Å². The molecule has 0 saturated heterocycles. The zero-order valence-corrected chi connectivity index (χ0v) is 11.4. The highest BCUT2D eigenvalue weighted by Gasteiger charge is 2.17. The molecular weight excluding hydrogens is 250 g/mol. The van der Waals surface area contributed by atoms with Crippen LogP contribution in [0, 0.1) is 18.3 Å². The number of anilines is 1. The van der Waals surface area contributed by atoms with Crippen molar-refractivity contribution in [3.8, 4) is 12.3 Å². The van der Waals surface area contributed by atoms with Crippen molar-refractivity contribution in [2.24, 2.45) is 5.92 Å². The molecule has 0 saturated carbocycles. The molecule has 0 bridgehead atoms. The minimum atomic E-state index is -0.813. The van der Waals surface area contributed by atoms with E-state index in [0.29, 0.717) is 13.1 Å². The molecule has 20 heavy (non-hydrogen) atoms. The first-order valence-electron chi connectivity index (χ1n) is 6.52. The van der Waals surface area contributed by atoms with Crippen molar-refractivity contribution >= 4 is 22.4 Å². The summed E-state index contributed by atoms with van der Waals surface area (Å²) in [6.07, 6.45) is 5.42. The molecule has 1 unspecified atom stereocenters. The fraction of sp³-hybridized carbons (Fsp3) is 0.235. The van der Waals surface area contributed by atoms with Gasteiger partial charge in [-0.1, -0.05) is 49.2 Å². The smallest absolute Gasteiger partial charge is 0.308 e. The fourth-order valence-electron chi connectivity index (χ4n) is 2.25. The zero-order chi connectivity index (χ0) is 14.5. The van der Waals surface area contributed by atoms with Crippen LogP contribution in [-0.2, 0) is 4.79 Å². The number of carboxylic acid groups (broad SMARTS) is 1. The van der Waals surface area contributed by atoms with Gasteiger partial charge in [-0.05, 0) is 11.5 Å². The predicted octanol–water partition coefficient (Wildman–Crippen LogP) is 3.00. The van der Waals surface area contributed by atoms with Crippen molar-refractivity contribution < 1.29 is 9.90 Å². The third kappa shape index (κ3) is 2.92. The van der Waals surface area contributed by atoms with Gasteiger partial charge in [0.05, 0.1) is 12.5 Å². The lowest BCUT2D eigenvalue weighted by Crippen LogP contribution is -2.32. The lowest BCUT2D eigenvalue weighted by atomic mass is 10.1. The maximum Gasteiger partial charge on any atom is 0.308 e. The molecule has 0 aliphatic rings. The van der Waals surface area contributed by atoms with E-state index in [2.05, 4.69) is 5.92 Å². The van der Waals surface area contributed by atoms with Crippen LogP contribution in [0.4, 0.5) is 5.69 Å². The number of nitrogens with zero attached hydrogens (tertiary/aromatic N) is 1. The first-order chi connectivity index (χ1) is 9.63. The topological polar surface area (TPSA) is 40.5 Å². The second-order valence-corrected chi connectivity index (χ2v) is 4.82. The molecule has 3 heteroatoms. The number of carbonyl (C=O) groups is 1. The van der Waals surface area contributed by atoms with Crippen molar-refractivity contribution in [2.45, 2.75) is 6.92 Å². The van der Waals surface area contributed by atoms with Crippen LogP contribution in [0.5, 0.6) is 0 Å². The van der Waals surface area contributed by atoms with E-state index in [1.165, 1.54) is 0 Å². The van der Waals surface area contributed by atoms with Crippen LogP contribution in [0.3, 0.4) is 0 Å². The maximum absolute atomic E-state index is 11.1. The van der Waals surface area contributed by atoms with E-state index >= 15 is 0 Å². The van der Waals surface area contributed by atoms with Gasteiger partial charge in [-0.3, -0.25) is 4.79 Å². The predicted molar refractivity (Wildman–Crippen MR) is 81.8 cm³/mol. The van der Waals surface area contributed by atoms with E-state index in [1.807, 2.05) is 47.4 Å². The Bertz CT molecular complexity index is 652. The van der Waals surface area contributed by atoms with Gasteiger partial charge in [0.2, 0.25) is 0 Å². The lowest BCUT2D eigenvalue weighted by Gasteiger charge is -2.25. The zero-order valence-electron chi connectivity index (χ0n) is 11.4. The van der Waals surface area contributed by atoms with Crippen LogP contribution in [0.25, 0.3) is 10.8 Å². The Kier molecular flexibility index (Phi) is 4.27. The molecule has 3 nitrogen and oxygen atoms in total. The number of hydrogen-bond donors (Lipinski definition) is 1. The van der Waals surface area contributed by atoms with Crippen LogP contribution in [0.15, 0.2) is 42.5 Å². The number of terminal acetylenes is 1. The van der Waals surface area contributed by atoms with Gasteiger partial charge < -0.3 is 10.0 Å². The molecule has 1 atom stereocenters. The molecule has 0 aliphatic carbocycles. The summed E-state index contributed by atoms with van der Waals surface area (Å²) >= 11 is 0. The summed E-state index contributed by atoms with van der Waals surface area (Å²) in [6, 6.07) is 14.0. The summed E-state index contributed by atoms with van der Waals surface area (Å²) < 4.78 is 0. The molecule has 0 aromatic heterocycles. The number of rotatable bonds is 5.